The highest BCUT2D eigenvalue weighted by Crippen LogP contribution is 2.37. The van der Waals surface area contributed by atoms with Gasteiger partial charge in [-0.1, -0.05) is 12.1 Å². The van der Waals surface area contributed by atoms with Gasteiger partial charge >= 0.3 is 6.18 Å². The number of alkyl halides is 3. The van der Waals surface area contributed by atoms with Crippen molar-refractivity contribution >= 4 is 10.9 Å². The number of halogens is 3. The van der Waals surface area contributed by atoms with Gasteiger partial charge in [-0.3, -0.25) is 0 Å². The smallest absolute Gasteiger partial charge is 0.351 e. The molecular formula is C13H11F3N2. The van der Waals surface area contributed by atoms with E-state index in [2.05, 4.69) is 4.98 Å². The predicted molar refractivity (Wildman–Crippen MR) is 62.1 cm³/mol. The standard InChI is InChI=1S/C13H11F3N2/c1-7-3-4-8(2)11-10(7)9(5-6-17)12(18-11)13(14,15)16/h3-4,18H,5H2,1-2H3. The molecule has 1 aromatic heterocycles. The number of hydrogen-bond acceptors (Lipinski definition) is 1. The van der Waals surface area contributed by atoms with E-state index >= 15 is 0 Å². The van der Waals surface area contributed by atoms with Gasteiger partial charge in [-0.2, -0.15) is 18.4 Å². The molecule has 0 aliphatic heterocycles. The van der Waals surface area contributed by atoms with Crippen LogP contribution in [-0.2, 0) is 12.6 Å². The number of aromatic nitrogens is 1. The first kappa shape index (κ1) is 12.5. The van der Waals surface area contributed by atoms with E-state index < -0.39 is 11.9 Å². The lowest BCUT2D eigenvalue weighted by molar-refractivity contribution is -0.141. The molecule has 1 N–H and O–H groups in total. The summed E-state index contributed by atoms with van der Waals surface area (Å²) in [7, 11) is 0. The second kappa shape index (κ2) is 4.05. The lowest BCUT2D eigenvalue weighted by Crippen LogP contribution is -2.08. The largest absolute Gasteiger partial charge is 0.431 e. The number of rotatable bonds is 1. The molecule has 0 amide bonds. The maximum Gasteiger partial charge on any atom is 0.431 e. The summed E-state index contributed by atoms with van der Waals surface area (Å²) in [6.07, 6.45) is -4.72. The van der Waals surface area contributed by atoms with Gasteiger partial charge in [-0.05, 0) is 25.0 Å². The van der Waals surface area contributed by atoms with Crippen molar-refractivity contribution in [2.75, 3.05) is 0 Å². The normalized spacial score (nSPS) is 11.8. The highest BCUT2D eigenvalue weighted by atomic mass is 19.4. The summed E-state index contributed by atoms with van der Waals surface area (Å²) in [5.74, 6) is 0. The van der Waals surface area contributed by atoms with Crippen LogP contribution in [0.3, 0.4) is 0 Å². The van der Waals surface area contributed by atoms with Crippen molar-refractivity contribution in [3.8, 4) is 6.07 Å². The first-order valence-electron chi connectivity index (χ1n) is 5.41. The zero-order valence-electron chi connectivity index (χ0n) is 9.94. The molecule has 0 spiro atoms. The van der Waals surface area contributed by atoms with E-state index in [0.717, 1.165) is 11.1 Å². The molecule has 2 nitrogen and oxygen atoms in total. The number of hydrogen-bond donors (Lipinski definition) is 1. The molecule has 2 aromatic rings. The Bertz CT molecular complexity index is 645. The molecule has 94 valence electrons. The molecule has 0 saturated carbocycles. The van der Waals surface area contributed by atoms with Crippen LogP contribution in [0.4, 0.5) is 13.2 Å². The van der Waals surface area contributed by atoms with Crippen molar-refractivity contribution in [2.45, 2.75) is 26.4 Å². The van der Waals surface area contributed by atoms with Gasteiger partial charge in [0.2, 0.25) is 0 Å². The minimum absolute atomic E-state index is 0.0428. The first-order chi connectivity index (χ1) is 8.36. The van der Waals surface area contributed by atoms with E-state index in [9.17, 15) is 13.2 Å². The number of H-pyrrole nitrogens is 1. The Labute approximate surface area is 102 Å². The van der Waals surface area contributed by atoms with E-state index in [1.165, 1.54) is 0 Å². The van der Waals surface area contributed by atoms with Crippen LogP contribution in [0.15, 0.2) is 12.1 Å². The van der Waals surface area contributed by atoms with Crippen LogP contribution in [0.5, 0.6) is 0 Å². The van der Waals surface area contributed by atoms with Crippen molar-refractivity contribution in [3.05, 3.63) is 34.5 Å². The minimum atomic E-state index is -4.47. The molecule has 2 rings (SSSR count). The molecule has 0 fully saturated rings. The first-order valence-corrected chi connectivity index (χ1v) is 5.41. The van der Waals surface area contributed by atoms with Gasteiger partial charge in [0, 0.05) is 16.5 Å². The SMILES string of the molecule is Cc1ccc(C)c2c(CC#N)c(C(F)(F)F)[nH]c12. The van der Waals surface area contributed by atoms with Crippen molar-refractivity contribution in [1.82, 2.24) is 4.98 Å². The van der Waals surface area contributed by atoms with E-state index in [1.54, 1.807) is 32.0 Å². The van der Waals surface area contributed by atoms with Gasteiger partial charge in [-0.15, -0.1) is 0 Å². The molecule has 0 atom stereocenters. The van der Waals surface area contributed by atoms with E-state index in [4.69, 9.17) is 5.26 Å². The van der Waals surface area contributed by atoms with Crippen LogP contribution in [0.1, 0.15) is 22.4 Å². The number of benzene rings is 1. The Kier molecular flexibility index (Phi) is 2.81. The molecule has 1 heterocycles. The number of aromatic amines is 1. The van der Waals surface area contributed by atoms with Gasteiger partial charge in [0.15, 0.2) is 0 Å². The molecule has 5 heteroatoms. The van der Waals surface area contributed by atoms with Crippen molar-refractivity contribution in [1.29, 1.82) is 5.26 Å². The third-order valence-electron chi connectivity index (χ3n) is 3.01. The summed E-state index contributed by atoms with van der Waals surface area (Å²) in [5, 5.41) is 9.23. The molecule has 0 aliphatic carbocycles. The maximum absolute atomic E-state index is 12.9. The van der Waals surface area contributed by atoms with Crippen molar-refractivity contribution < 1.29 is 13.2 Å². The fourth-order valence-electron chi connectivity index (χ4n) is 2.18. The van der Waals surface area contributed by atoms with Crippen LogP contribution < -0.4 is 0 Å². The number of nitrogens with zero attached hydrogens (tertiary/aromatic N) is 1. The zero-order chi connectivity index (χ0) is 13.5. The summed E-state index contributed by atoms with van der Waals surface area (Å²) >= 11 is 0. The molecule has 0 saturated heterocycles. The number of nitriles is 1. The Morgan fingerprint density at radius 3 is 2.39 bits per heavy atom. The average molecular weight is 252 g/mol. The Morgan fingerprint density at radius 2 is 1.83 bits per heavy atom. The van der Waals surface area contributed by atoms with Crippen molar-refractivity contribution in [2.24, 2.45) is 0 Å². The summed E-state index contributed by atoms with van der Waals surface area (Å²) < 4.78 is 38.8. The zero-order valence-corrected chi connectivity index (χ0v) is 9.94. The third kappa shape index (κ3) is 1.84. The molecule has 0 aliphatic rings. The van der Waals surface area contributed by atoms with E-state index in [0.29, 0.717) is 10.9 Å². The molecule has 0 bridgehead atoms. The fourth-order valence-corrected chi connectivity index (χ4v) is 2.18. The molecular weight excluding hydrogens is 241 g/mol. The highest BCUT2D eigenvalue weighted by Gasteiger charge is 2.36. The summed E-state index contributed by atoms with van der Waals surface area (Å²) in [5.41, 5.74) is 1.18. The fraction of sp³-hybridized carbons (Fsp3) is 0.308. The lowest BCUT2D eigenvalue weighted by Gasteiger charge is -2.06. The Morgan fingerprint density at radius 1 is 1.22 bits per heavy atom. The van der Waals surface area contributed by atoms with Crippen LogP contribution in [-0.4, -0.2) is 4.98 Å². The van der Waals surface area contributed by atoms with Crippen LogP contribution in [0, 0.1) is 25.2 Å². The molecule has 0 unspecified atom stereocenters. The highest BCUT2D eigenvalue weighted by molar-refractivity contribution is 5.90. The van der Waals surface area contributed by atoms with Gasteiger partial charge in [0.25, 0.3) is 0 Å². The Balaban J connectivity index is 2.89. The minimum Gasteiger partial charge on any atom is -0.351 e. The van der Waals surface area contributed by atoms with Crippen LogP contribution in [0.2, 0.25) is 0 Å². The average Bonchev–Trinajstić information content (AvgIpc) is 2.65. The molecule has 0 radical (unpaired) electrons. The maximum atomic E-state index is 12.9. The van der Waals surface area contributed by atoms with E-state index in [-0.39, 0.29) is 12.0 Å². The van der Waals surface area contributed by atoms with Crippen LogP contribution >= 0.6 is 0 Å². The van der Waals surface area contributed by atoms with Gasteiger partial charge in [0.1, 0.15) is 5.69 Å². The number of fused-ring (bicyclic) bond motifs is 1. The van der Waals surface area contributed by atoms with Gasteiger partial charge < -0.3 is 4.98 Å². The Hall–Kier alpha value is -1.96. The summed E-state index contributed by atoms with van der Waals surface area (Å²) in [4.78, 5) is 2.42. The quantitative estimate of drug-likeness (QED) is 0.822. The second-order valence-electron chi connectivity index (χ2n) is 4.26. The van der Waals surface area contributed by atoms with Crippen molar-refractivity contribution in [3.63, 3.8) is 0 Å². The monoisotopic (exact) mass is 252 g/mol. The molecule has 18 heavy (non-hydrogen) atoms. The van der Waals surface area contributed by atoms with E-state index in [1.807, 2.05) is 0 Å². The third-order valence-corrected chi connectivity index (χ3v) is 3.01. The summed E-state index contributed by atoms with van der Waals surface area (Å²) in [6, 6.07) is 5.34. The molecule has 1 aromatic carbocycles. The lowest BCUT2D eigenvalue weighted by atomic mass is 10.0. The number of aryl methyl sites for hydroxylation is 2. The van der Waals surface area contributed by atoms with Gasteiger partial charge in [0.05, 0.1) is 12.5 Å². The van der Waals surface area contributed by atoms with Crippen LogP contribution in [0.25, 0.3) is 10.9 Å². The number of nitrogens with one attached hydrogen (secondary N) is 1. The second-order valence-corrected chi connectivity index (χ2v) is 4.26. The summed E-state index contributed by atoms with van der Waals surface area (Å²) in [6.45, 7) is 3.49. The topological polar surface area (TPSA) is 39.6 Å². The predicted octanol–water partition coefficient (Wildman–Crippen LogP) is 3.87. The van der Waals surface area contributed by atoms with Gasteiger partial charge in [-0.25, -0.2) is 0 Å².